The SMILES string of the molecule is CN=C(NCc1nc2ccccc2n1C)NC1CCN(c2cc(OC)cc(OC)c2)C1.I. The van der Waals surface area contributed by atoms with Gasteiger partial charge in [-0.25, -0.2) is 4.98 Å². The highest BCUT2D eigenvalue weighted by Gasteiger charge is 2.24. The molecule has 3 aromatic rings. The van der Waals surface area contributed by atoms with Gasteiger partial charge in [-0.15, -0.1) is 24.0 Å². The molecule has 2 N–H and O–H groups in total. The third-order valence-electron chi connectivity index (χ3n) is 5.75. The van der Waals surface area contributed by atoms with E-state index in [0.29, 0.717) is 12.6 Å². The lowest BCUT2D eigenvalue weighted by Crippen LogP contribution is -2.44. The summed E-state index contributed by atoms with van der Waals surface area (Å²) in [5.74, 6) is 3.35. The van der Waals surface area contributed by atoms with Crippen LogP contribution in [-0.4, -0.2) is 55.9 Å². The van der Waals surface area contributed by atoms with Crippen LogP contribution in [0.5, 0.6) is 11.5 Å². The Bertz CT molecular complexity index is 1060. The predicted molar refractivity (Wildman–Crippen MR) is 140 cm³/mol. The molecular formula is C23H31IN6O2. The Morgan fingerprint density at radius 2 is 1.88 bits per heavy atom. The summed E-state index contributed by atoms with van der Waals surface area (Å²) in [6, 6.07) is 14.4. The van der Waals surface area contributed by atoms with Gasteiger partial charge in [0.05, 0.1) is 31.8 Å². The molecule has 9 heteroatoms. The molecular weight excluding hydrogens is 519 g/mol. The van der Waals surface area contributed by atoms with Crippen molar-refractivity contribution >= 4 is 46.7 Å². The number of aryl methyl sites for hydroxylation is 1. The fraction of sp³-hybridized carbons (Fsp3) is 0.391. The maximum atomic E-state index is 5.41. The highest BCUT2D eigenvalue weighted by atomic mass is 127. The van der Waals surface area contributed by atoms with Crippen molar-refractivity contribution in [2.24, 2.45) is 12.0 Å². The Hall–Kier alpha value is -2.69. The molecule has 8 nitrogen and oxygen atoms in total. The van der Waals surface area contributed by atoms with Gasteiger partial charge in [-0.1, -0.05) is 12.1 Å². The second-order valence-corrected chi connectivity index (χ2v) is 7.65. The number of halogens is 1. The monoisotopic (exact) mass is 550 g/mol. The van der Waals surface area contributed by atoms with Crippen LogP contribution in [0.1, 0.15) is 12.2 Å². The van der Waals surface area contributed by atoms with Gasteiger partial charge >= 0.3 is 0 Å². The van der Waals surface area contributed by atoms with Crippen LogP contribution in [0.25, 0.3) is 11.0 Å². The number of nitrogens with zero attached hydrogens (tertiary/aromatic N) is 4. The summed E-state index contributed by atoms with van der Waals surface area (Å²) in [6.07, 6.45) is 1.02. The number of hydrogen-bond donors (Lipinski definition) is 2. The maximum absolute atomic E-state index is 5.41. The van der Waals surface area contributed by atoms with Gasteiger partial charge < -0.3 is 29.6 Å². The molecule has 0 aliphatic carbocycles. The number of imidazole rings is 1. The van der Waals surface area contributed by atoms with Crippen LogP contribution in [0.2, 0.25) is 0 Å². The number of ether oxygens (including phenoxy) is 2. The van der Waals surface area contributed by atoms with Crippen LogP contribution in [0, 0.1) is 0 Å². The first kappa shape index (κ1) is 24.0. The zero-order chi connectivity index (χ0) is 21.8. The largest absolute Gasteiger partial charge is 0.497 e. The first-order chi connectivity index (χ1) is 15.1. The number of anilines is 1. The summed E-state index contributed by atoms with van der Waals surface area (Å²) in [5, 5.41) is 6.95. The number of rotatable bonds is 6. The van der Waals surface area contributed by atoms with Gasteiger partial charge in [0.25, 0.3) is 0 Å². The average molecular weight is 550 g/mol. The van der Waals surface area contributed by atoms with E-state index in [1.807, 2.05) is 43.4 Å². The fourth-order valence-electron chi connectivity index (χ4n) is 3.99. The summed E-state index contributed by atoms with van der Waals surface area (Å²) in [6.45, 7) is 2.44. The Kier molecular flexibility index (Phi) is 8.05. The Labute approximate surface area is 206 Å². The maximum Gasteiger partial charge on any atom is 0.191 e. The molecule has 1 aliphatic rings. The van der Waals surface area contributed by atoms with Crippen molar-refractivity contribution in [2.45, 2.75) is 19.0 Å². The molecule has 0 amide bonds. The van der Waals surface area contributed by atoms with Gasteiger partial charge in [-0.3, -0.25) is 4.99 Å². The van der Waals surface area contributed by atoms with Crippen molar-refractivity contribution in [3.05, 3.63) is 48.3 Å². The van der Waals surface area contributed by atoms with Crippen LogP contribution in [0.3, 0.4) is 0 Å². The minimum absolute atomic E-state index is 0. The Balaban J connectivity index is 0.00000289. The van der Waals surface area contributed by atoms with E-state index in [2.05, 4.69) is 31.2 Å². The first-order valence-electron chi connectivity index (χ1n) is 10.5. The van der Waals surface area contributed by atoms with E-state index in [-0.39, 0.29) is 24.0 Å². The van der Waals surface area contributed by atoms with Gasteiger partial charge in [-0.2, -0.15) is 0 Å². The molecule has 0 saturated carbocycles. The van der Waals surface area contributed by atoms with Crippen molar-refractivity contribution in [2.75, 3.05) is 39.3 Å². The number of methoxy groups -OCH3 is 2. The minimum Gasteiger partial charge on any atom is -0.497 e. The zero-order valence-electron chi connectivity index (χ0n) is 19.0. The number of fused-ring (bicyclic) bond motifs is 1. The van der Waals surface area contributed by atoms with Crippen LogP contribution in [0.4, 0.5) is 5.69 Å². The molecule has 1 atom stereocenters. The molecule has 4 rings (SSSR count). The topological polar surface area (TPSA) is 75.9 Å². The predicted octanol–water partition coefficient (Wildman–Crippen LogP) is 3.15. The summed E-state index contributed by atoms with van der Waals surface area (Å²) in [4.78, 5) is 11.5. The van der Waals surface area contributed by atoms with Crippen LogP contribution in [-0.2, 0) is 13.6 Å². The molecule has 1 aromatic heterocycles. The smallest absolute Gasteiger partial charge is 0.191 e. The lowest BCUT2D eigenvalue weighted by Gasteiger charge is -2.21. The first-order valence-corrected chi connectivity index (χ1v) is 10.5. The average Bonchev–Trinajstić information content (AvgIpc) is 3.41. The van der Waals surface area contributed by atoms with Crippen LogP contribution < -0.4 is 25.0 Å². The van der Waals surface area contributed by atoms with Crippen molar-refractivity contribution in [1.82, 2.24) is 20.2 Å². The summed E-state index contributed by atoms with van der Waals surface area (Å²) in [7, 11) is 7.18. The fourth-order valence-corrected chi connectivity index (χ4v) is 3.99. The number of nitrogens with one attached hydrogen (secondary N) is 2. The molecule has 1 aliphatic heterocycles. The Morgan fingerprint density at radius 3 is 2.53 bits per heavy atom. The van der Waals surface area contributed by atoms with Gasteiger partial charge in [0, 0.05) is 57.1 Å². The molecule has 2 aromatic carbocycles. The number of aliphatic imine (C=N–C) groups is 1. The van der Waals surface area contributed by atoms with E-state index in [9.17, 15) is 0 Å². The molecule has 1 fully saturated rings. The summed E-state index contributed by atoms with van der Waals surface area (Å²) >= 11 is 0. The third kappa shape index (κ3) is 5.20. The number of hydrogen-bond acceptors (Lipinski definition) is 5. The molecule has 1 saturated heterocycles. The highest BCUT2D eigenvalue weighted by Crippen LogP contribution is 2.30. The van der Waals surface area contributed by atoms with Gasteiger partial charge in [0.1, 0.15) is 17.3 Å². The van der Waals surface area contributed by atoms with Gasteiger partial charge in [-0.05, 0) is 18.6 Å². The molecule has 172 valence electrons. The minimum atomic E-state index is 0. The number of para-hydroxylation sites is 2. The Morgan fingerprint density at radius 1 is 1.16 bits per heavy atom. The molecule has 32 heavy (non-hydrogen) atoms. The number of guanidine groups is 1. The van der Waals surface area contributed by atoms with Crippen molar-refractivity contribution in [3.63, 3.8) is 0 Å². The summed E-state index contributed by atoms with van der Waals surface area (Å²) in [5.41, 5.74) is 3.23. The lowest BCUT2D eigenvalue weighted by molar-refractivity contribution is 0.394. The molecule has 1 unspecified atom stereocenters. The van der Waals surface area contributed by atoms with Crippen LogP contribution >= 0.6 is 24.0 Å². The standard InChI is InChI=1S/C23H30N6O2.HI/c1-24-23(25-14-22-27-20-7-5-6-8-21(20)28(22)2)26-16-9-10-29(15-16)17-11-18(30-3)13-19(12-17)31-4;/h5-8,11-13,16H,9-10,14-15H2,1-4H3,(H2,24,25,26);1H. The van der Waals surface area contributed by atoms with E-state index >= 15 is 0 Å². The van der Waals surface area contributed by atoms with E-state index in [1.165, 1.54) is 0 Å². The van der Waals surface area contributed by atoms with E-state index in [0.717, 1.165) is 59.5 Å². The number of aromatic nitrogens is 2. The molecule has 0 radical (unpaired) electrons. The van der Waals surface area contributed by atoms with Gasteiger partial charge in [0.2, 0.25) is 0 Å². The van der Waals surface area contributed by atoms with Gasteiger partial charge in [0.15, 0.2) is 5.96 Å². The number of benzene rings is 2. The van der Waals surface area contributed by atoms with E-state index in [4.69, 9.17) is 14.5 Å². The molecule has 2 heterocycles. The lowest BCUT2D eigenvalue weighted by atomic mass is 10.2. The molecule has 0 bridgehead atoms. The zero-order valence-corrected chi connectivity index (χ0v) is 21.3. The van der Waals surface area contributed by atoms with Crippen molar-refractivity contribution in [3.8, 4) is 11.5 Å². The summed E-state index contributed by atoms with van der Waals surface area (Å²) < 4.78 is 12.9. The van der Waals surface area contributed by atoms with Crippen molar-refractivity contribution < 1.29 is 9.47 Å². The normalized spacial score (nSPS) is 16.1. The van der Waals surface area contributed by atoms with Crippen molar-refractivity contribution in [1.29, 1.82) is 0 Å². The second-order valence-electron chi connectivity index (χ2n) is 7.65. The highest BCUT2D eigenvalue weighted by molar-refractivity contribution is 14.0. The van der Waals surface area contributed by atoms with Crippen LogP contribution in [0.15, 0.2) is 47.5 Å². The third-order valence-corrected chi connectivity index (χ3v) is 5.75. The second kappa shape index (κ2) is 10.8. The van der Waals surface area contributed by atoms with E-state index in [1.54, 1.807) is 21.3 Å². The quantitative estimate of drug-likeness (QED) is 0.279. The van der Waals surface area contributed by atoms with E-state index < -0.39 is 0 Å². The molecule has 0 spiro atoms.